The normalized spacial score (nSPS) is 10.6. The molecular formula is C9H14N4O2. The van der Waals surface area contributed by atoms with E-state index >= 15 is 0 Å². The molecule has 1 rings (SSSR count). The molecule has 1 amide bonds. The number of H-pyrrole nitrogens is 1. The fourth-order valence-electron chi connectivity index (χ4n) is 1.35. The van der Waals surface area contributed by atoms with E-state index < -0.39 is 5.91 Å². The zero-order chi connectivity index (χ0) is 11.6. The van der Waals surface area contributed by atoms with Crippen molar-refractivity contribution in [2.75, 3.05) is 5.73 Å². The number of primary amides is 1. The van der Waals surface area contributed by atoms with Crippen molar-refractivity contribution in [3.63, 3.8) is 0 Å². The summed E-state index contributed by atoms with van der Waals surface area (Å²) in [7, 11) is 0. The highest BCUT2D eigenvalue weighted by Gasteiger charge is 2.12. The van der Waals surface area contributed by atoms with E-state index in [2.05, 4.69) is 9.97 Å². The fraction of sp³-hybridized carbons (Fsp3) is 0.444. The maximum Gasteiger partial charge on any atom is 0.256 e. The standard InChI is InChI=1S/C9H14N4O2/c1-4(2)7-8(11)12-6(3-5(10)14)13-9(7)15/h4H,3H2,1-2H3,(H2,10,14)(H3,11,12,13,15). The van der Waals surface area contributed by atoms with E-state index in [1.807, 2.05) is 13.8 Å². The Morgan fingerprint density at radius 2 is 2.13 bits per heavy atom. The second kappa shape index (κ2) is 4.12. The van der Waals surface area contributed by atoms with Gasteiger partial charge in [0.05, 0.1) is 12.0 Å². The van der Waals surface area contributed by atoms with Crippen LogP contribution in [0.5, 0.6) is 0 Å². The monoisotopic (exact) mass is 210 g/mol. The molecule has 0 atom stereocenters. The highest BCUT2D eigenvalue weighted by atomic mass is 16.1. The molecule has 0 aliphatic rings. The molecule has 0 fully saturated rings. The Morgan fingerprint density at radius 3 is 2.53 bits per heavy atom. The molecule has 0 unspecified atom stereocenters. The summed E-state index contributed by atoms with van der Waals surface area (Å²) in [6, 6.07) is 0. The van der Waals surface area contributed by atoms with E-state index in [-0.39, 0.29) is 29.5 Å². The topological polar surface area (TPSA) is 115 Å². The maximum absolute atomic E-state index is 11.6. The molecule has 0 spiro atoms. The van der Waals surface area contributed by atoms with Crippen LogP contribution in [-0.4, -0.2) is 15.9 Å². The third-order valence-corrected chi connectivity index (χ3v) is 1.95. The Hall–Kier alpha value is -1.85. The molecule has 82 valence electrons. The van der Waals surface area contributed by atoms with Gasteiger partial charge in [-0.05, 0) is 5.92 Å². The zero-order valence-electron chi connectivity index (χ0n) is 8.70. The van der Waals surface area contributed by atoms with Crippen molar-refractivity contribution in [1.82, 2.24) is 9.97 Å². The van der Waals surface area contributed by atoms with Crippen LogP contribution in [0, 0.1) is 0 Å². The van der Waals surface area contributed by atoms with Gasteiger partial charge in [-0.15, -0.1) is 0 Å². The quantitative estimate of drug-likeness (QED) is 0.623. The van der Waals surface area contributed by atoms with Gasteiger partial charge in [0, 0.05) is 0 Å². The van der Waals surface area contributed by atoms with Crippen LogP contribution in [-0.2, 0) is 11.2 Å². The minimum atomic E-state index is -0.560. The van der Waals surface area contributed by atoms with Crippen molar-refractivity contribution in [2.24, 2.45) is 5.73 Å². The molecular weight excluding hydrogens is 196 g/mol. The van der Waals surface area contributed by atoms with Crippen LogP contribution in [0.1, 0.15) is 31.2 Å². The van der Waals surface area contributed by atoms with Crippen LogP contribution in [0.2, 0.25) is 0 Å². The van der Waals surface area contributed by atoms with E-state index in [1.165, 1.54) is 0 Å². The summed E-state index contributed by atoms with van der Waals surface area (Å²) in [6.07, 6.45) is -0.113. The van der Waals surface area contributed by atoms with Gasteiger partial charge in [-0.1, -0.05) is 13.8 Å². The number of carbonyl (C=O) groups excluding carboxylic acids is 1. The molecule has 0 radical (unpaired) electrons. The van der Waals surface area contributed by atoms with Crippen LogP contribution in [0.15, 0.2) is 4.79 Å². The third-order valence-electron chi connectivity index (χ3n) is 1.95. The van der Waals surface area contributed by atoms with Gasteiger partial charge < -0.3 is 16.5 Å². The molecule has 1 heterocycles. The Balaban J connectivity index is 3.20. The lowest BCUT2D eigenvalue weighted by Gasteiger charge is -2.08. The number of nitrogen functional groups attached to an aromatic ring is 1. The molecule has 5 N–H and O–H groups in total. The second-order valence-electron chi connectivity index (χ2n) is 3.61. The van der Waals surface area contributed by atoms with E-state index in [9.17, 15) is 9.59 Å². The van der Waals surface area contributed by atoms with E-state index in [0.717, 1.165) is 0 Å². The number of aromatic nitrogens is 2. The molecule has 15 heavy (non-hydrogen) atoms. The number of nitrogens with zero attached hydrogens (tertiary/aromatic N) is 1. The summed E-state index contributed by atoms with van der Waals surface area (Å²) in [5, 5.41) is 0. The molecule has 6 nitrogen and oxygen atoms in total. The summed E-state index contributed by atoms with van der Waals surface area (Å²) < 4.78 is 0. The third kappa shape index (κ3) is 2.55. The summed E-state index contributed by atoms with van der Waals surface area (Å²) in [5.74, 6) is -0.210. The predicted octanol–water partition coefficient (Wildman–Crippen LogP) is -0.497. The zero-order valence-corrected chi connectivity index (χ0v) is 8.70. The molecule has 0 aliphatic carbocycles. The number of carbonyl (C=O) groups is 1. The number of hydrogen-bond donors (Lipinski definition) is 3. The SMILES string of the molecule is CC(C)c1c(N)nc(CC(N)=O)[nH]c1=O. The second-order valence-corrected chi connectivity index (χ2v) is 3.61. The number of rotatable bonds is 3. The van der Waals surface area contributed by atoms with Gasteiger partial charge >= 0.3 is 0 Å². The lowest BCUT2D eigenvalue weighted by molar-refractivity contribution is -0.117. The summed E-state index contributed by atoms with van der Waals surface area (Å²) >= 11 is 0. The van der Waals surface area contributed by atoms with E-state index in [4.69, 9.17) is 11.5 Å². The van der Waals surface area contributed by atoms with Crippen LogP contribution in [0.4, 0.5) is 5.82 Å². The van der Waals surface area contributed by atoms with Crippen LogP contribution in [0.25, 0.3) is 0 Å². The lowest BCUT2D eigenvalue weighted by Crippen LogP contribution is -2.24. The first-order valence-corrected chi connectivity index (χ1v) is 4.58. The first kappa shape index (κ1) is 11.2. The molecule has 0 bridgehead atoms. The number of nitrogens with one attached hydrogen (secondary N) is 1. The minimum absolute atomic E-state index is 0.0103. The molecule has 0 saturated heterocycles. The van der Waals surface area contributed by atoms with Gasteiger partial charge in [0.2, 0.25) is 5.91 Å². The van der Waals surface area contributed by atoms with Crippen LogP contribution in [0.3, 0.4) is 0 Å². The Kier molecular flexibility index (Phi) is 3.08. The Bertz CT molecular complexity index is 436. The van der Waals surface area contributed by atoms with Crippen molar-refractivity contribution in [1.29, 1.82) is 0 Å². The molecule has 0 saturated carbocycles. The lowest BCUT2D eigenvalue weighted by atomic mass is 10.1. The number of nitrogens with two attached hydrogens (primary N) is 2. The molecule has 0 aromatic carbocycles. The van der Waals surface area contributed by atoms with Gasteiger partial charge in [-0.25, -0.2) is 4.98 Å². The summed E-state index contributed by atoms with van der Waals surface area (Å²) in [4.78, 5) is 28.6. The van der Waals surface area contributed by atoms with Gasteiger partial charge in [-0.3, -0.25) is 9.59 Å². The van der Waals surface area contributed by atoms with Crippen LogP contribution < -0.4 is 17.0 Å². The molecule has 6 heteroatoms. The highest BCUT2D eigenvalue weighted by molar-refractivity contribution is 5.75. The first-order chi connectivity index (χ1) is 6.91. The van der Waals surface area contributed by atoms with Gasteiger partial charge in [0.25, 0.3) is 5.56 Å². The van der Waals surface area contributed by atoms with Crippen molar-refractivity contribution < 1.29 is 4.79 Å². The van der Waals surface area contributed by atoms with Gasteiger partial charge in [-0.2, -0.15) is 0 Å². The summed E-state index contributed by atoms with van der Waals surface area (Å²) in [6.45, 7) is 3.69. The average molecular weight is 210 g/mol. The highest BCUT2D eigenvalue weighted by Crippen LogP contribution is 2.14. The fourth-order valence-corrected chi connectivity index (χ4v) is 1.35. The first-order valence-electron chi connectivity index (χ1n) is 4.58. The minimum Gasteiger partial charge on any atom is -0.383 e. The van der Waals surface area contributed by atoms with Crippen molar-refractivity contribution in [3.8, 4) is 0 Å². The maximum atomic E-state index is 11.6. The molecule has 0 aliphatic heterocycles. The Morgan fingerprint density at radius 1 is 1.53 bits per heavy atom. The number of anilines is 1. The Labute approximate surface area is 86.7 Å². The van der Waals surface area contributed by atoms with Gasteiger partial charge in [0.15, 0.2) is 0 Å². The average Bonchev–Trinajstić information content (AvgIpc) is 1.99. The largest absolute Gasteiger partial charge is 0.383 e. The number of aromatic amines is 1. The molecule has 1 aromatic heterocycles. The number of hydrogen-bond acceptors (Lipinski definition) is 4. The summed E-state index contributed by atoms with van der Waals surface area (Å²) in [5.41, 5.74) is 10.7. The van der Waals surface area contributed by atoms with Crippen molar-refractivity contribution in [2.45, 2.75) is 26.2 Å². The number of amides is 1. The van der Waals surface area contributed by atoms with Crippen LogP contribution >= 0.6 is 0 Å². The van der Waals surface area contributed by atoms with Crippen molar-refractivity contribution >= 4 is 11.7 Å². The van der Waals surface area contributed by atoms with E-state index in [1.54, 1.807) is 0 Å². The van der Waals surface area contributed by atoms with Crippen molar-refractivity contribution in [3.05, 3.63) is 21.7 Å². The molecule has 1 aromatic rings. The predicted molar refractivity (Wildman–Crippen MR) is 56.3 cm³/mol. The van der Waals surface area contributed by atoms with Gasteiger partial charge in [0.1, 0.15) is 11.6 Å². The smallest absolute Gasteiger partial charge is 0.256 e. The van der Waals surface area contributed by atoms with E-state index in [0.29, 0.717) is 5.56 Å².